The molecule has 2 amide bonds. The van der Waals surface area contributed by atoms with Crippen LogP contribution < -0.4 is 21.1 Å². The van der Waals surface area contributed by atoms with E-state index in [0.717, 1.165) is 18.4 Å². The van der Waals surface area contributed by atoms with E-state index in [-0.39, 0.29) is 42.2 Å². The van der Waals surface area contributed by atoms with Crippen LogP contribution in [0.2, 0.25) is 0 Å². The summed E-state index contributed by atoms with van der Waals surface area (Å²) in [5.41, 5.74) is 0.792. The molecule has 4 rings (SSSR count). The van der Waals surface area contributed by atoms with E-state index in [4.69, 9.17) is 0 Å². The lowest BCUT2D eigenvalue weighted by atomic mass is 9.96. The third kappa shape index (κ3) is 5.36. The first kappa shape index (κ1) is 22.8. The van der Waals surface area contributed by atoms with Crippen LogP contribution in [0.3, 0.4) is 0 Å². The highest BCUT2D eigenvalue weighted by molar-refractivity contribution is 7.22. The monoisotopic (exact) mass is 472 g/mol. The highest BCUT2D eigenvalue weighted by Crippen LogP contribution is 2.29. The van der Waals surface area contributed by atoms with Gasteiger partial charge in [0, 0.05) is 32.1 Å². The third-order valence-electron chi connectivity index (χ3n) is 5.58. The van der Waals surface area contributed by atoms with Crippen molar-refractivity contribution in [3.63, 3.8) is 0 Å². The number of amides is 2. The molecule has 0 spiro atoms. The fourth-order valence-corrected chi connectivity index (χ4v) is 4.77. The molecule has 0 saturated carbocycles. The van der Waals surface area contributed by atoms with Gasteiger partial charge in [0.2, 0.25) is 11.8 Å². The van der Waals surface area contributed by atoms with Gasteiger partial charge in [0.05, 0.1) is 0 Å². The van der Waals surface area contributed by atoms with Crippen LogP contribution >= 0.6 is 11.3 Å². The van der Waals surface area contributed by atoms with Crippen molar-refractivity contribution >= 4 is 38.6 Å². The lowest BCUT2D eigenvalue weighted by Gasteiger charge is -2.30. The van der Waals surface area contributed by atoms with Crippen molar-refractivity contribution in [2.75, 3.05) is 24.5 Å². The molecular weight excluding hydrogens is 447 g/mol. The largest absolute Gasteiger partial charge is 0.356 e. The summed E-state index contributed by atoms with van der Waals surface area (Å²) < 4.78 is 14.6. The second-order valence-corrected chi connectivity index (χ2v) is 8.86. The number of hydrogen-bond donors (Lipinski definition) is 2. The van der Waals surface area contributed by atoms with Crippen molar-refractivity contribution in [2.45, 2.75) is 32.9 Å². The van der Waals surface area contributed by atoms with Crippen LogP contribution in [-0.2, 0) is 22.7 Å². The molecule has 1 saturated heterocycles. The first-order valence-electron chi connectivity index (χ1n) is 10.8. The van der Waals surface area contributed by atoms with Crippen LogP contribution in [-0.4, -0.2) is 46.0 Å². The van der Waals surface area contributed by atoms with Gasteiger partial charge in [0.15, 0.2) is 10.8 Å². The molecule has 3 heterocycles. The van der Waals surface area contributed by atoms with Crippen LogP contribution in [0.1, 0.15) is 25.3 Å². The second-order valence-electron chi connectivity index (χ2n) is 7.89. The summed E-state index contributed by atoms with van der Waals surface area (Å²) in [6, 6.07) is 5.84. The lowest BCUT2D eigenvalue weighted by molar-refractivity contribution is -0.125. The quantitative estimate of drug-likeness (QED) is 0.541. The highest BCUT2D eigenvalue weighted by Gasteiger charge is 2.26. The topological polar surface area (TPSA) is 109 Å². The number of thiazole rings is 1. The highest BCUT2D eigenvalue weighted by atomic mass is 32.1. The van der Waals surface area contributed by atoms with Crippen molar-refractivity contribution in [1.82, 2.24) is 25.2 Å². The Bertz CT molecular complexity index is 1200. The normalized spacial score (nSPS) is 14.4. The number of nitrogens with one attached hydrogen (secondary N) is 2. The number of nitrogens with zero attached hydrogens (tertiary/aromatic N) is 4. The molecule has 2 aromatic heterocycles. The van der Waals surface area contributed by atoms with Gasteiger partial charge < -0.3 is 15.5 Å². The minimum Gasteiger partial charge on any atom is -0.356 e. The molecule has 3 aromatic rings. The van der Waals surface area contributed by atoms with Gasteiger partial charge in [-0.05, 0) is 37.5 Å². The number of halogens is 1. The van der Waals surface area contributed by atoms with E-state index in [1.54, 1.807) is 12.1 Å². The van der Waals surface area contributed by atoms with E-state index in [1.165, 1.54) is 34.4 Å². The Morgan fingerprint density at radius 2 is 1.91 bits per heavy atom. The standard InChI is InChI=1S/C22H25FN6O3S/c1-2-24-20(31)15-7-9-28(10-8-15)22-27-19-18(33-22)21(32)29(13-26-19)12-17(30)25-11-14-3-5-16(23)6-4-14/h3-6,13,15H,2,7-12H2,1H3,(H,24,31)(H,25,30). The molecule has 33 heavy (non-hydrogen) atoms. The van der Waals surface area contributed by atoms with Crippen molar-refractivity contribution in [3.8, 4) is 0 Å². The maximum atomic E-state index is 13.0. The number of aromatic nitrogens is 3. The molecular formula is C22H25FN6O3S. The van der Waals surface area contributed by atoms with Crippen molar-refractivity contribution in [2.24, 2.45) is 5.92 Å². The number of anilines is 1. The molecule has 174 valence electrons. The Morgan fingerprint density at radius 1 is 1.18 bits per heavy atom. The second kappa shape index (κ2) is 10.1. The van der Waals surface area contributed by atoms with E-state index < -0.39 is 0 Å². The molecule has 1 aliphatic heterocycles. The van der Waals surface area contributed by atoms with Crippen molar-refractivity contribution in [3.05, 3.63) is 52.3 Å². The summed E-state index contributed by atoms with van der Waals surface area (Å²) in [6.07, 6.45) is 2.79. The Morgan fingerprint density at radius 3 is 2.61 bits per heavy atom. The van der Waals surface area contributed by atoms with Gasteiger partial charge in [-0.25, -0.2) is 9.37 Å². The Balaban J connectivity index is 1.40. The number of carbonyl (C=O) groups excluding carboxylic acids is 2. The van der Waals surface area contributed by atoms with Gasteiger partial charge in [-0.1, -0.05) is 23.5 Å². The molecule has 0 radical (unpaired) electrons. The van der Waals surface area contributed by atoms with E-state index in [9.17, 15) is 18.8 Å². The van der Waals surface area contributed by atoms with Crippen LogP contribution in [0.5, 0.6) is 0 Å². The van der Waals surface area contributed by atoms with Crippen LogP contribution in [0.25, 0.3) is 10.3 Å². The third-order valence-corrected chi connectivity index (χ3v) is 6.67. The van der Waals surface area contributed by atoms with E-state index in [2.05, 4.69) is 25.5 Å². The molecule has 2 N–H and O–H groups in total. The molecule has 1 aliphatic rings. The SMILES string of the molecule is CCNC(=O)C1CCN(c2nc3ncn(CC(=O)NCc4ccc(F)cc4)c(=O)c3s2)CC1. The van der Waals surface area contributed by atoms with E-state index in [0.29, 0.717) is 35.1 Å². The van der Waals surface area contributed by atoms with Gasteiger partial charge in [0.25, 0.3) is 5.56 Å². The molecule has 1 fully saturated rings. The fourth-order valence-electron chi connectivity index (χ4n) is 3.75. The fraction of sp³-hybridized carbons (Fsp3) is 0.409. The van der Waals surface area contributed by atoms with Crippen LogP contribution in [0.15, 0.2) is 35.4 Å². The predicted molar refractivity (Wildman–Crippen MR) is 124 cm³/mol. The van der Waals surface area contributed by atoms with E-state index >= 15 is 0 Å². The minimum absolute atomic E-state index is 0.000599. The maximum Gasteiger partial charge on any atom is 0.273 e. The van der Waals surface area contributed by atoms with Crippen LogP contribution in [0.4, 0.5) is 9.52 Å². The van der Waals surface area contributed by atoms with Gasteiger partial charge in [-0.15, -0.1) is 0 Å². The van der Waals surface area contributed by atoms with Gasteiger partial charge in [0.1, 0.15) is 23.4 Å². The zero-order valence-electron chi connectivity index (χ0n) is 18.2. The number of piperidine rings is 1. The summed E-state index contributed by atoms with van der Waals surface area (Å²) in [7, 11) is 0. The number of carbonyl (C=O) groups is 2. The Hall–Kier alpha value is -3.34. The maximum absolute atomic E-state index is 13.0. The molecule has 11 heteroatoms. The summed E-state index contributed by atoms with van der Waals surface area (Å²) in [6.45, 7) is 3.96. The Kier molecular flexibility index (Phi) is 6.97. The molecule has 0 bridgehead atoms. The van der Waals surface area contributed by atoms with Gasteiger partial charge in [-0.3, -0.25) is 19.0 Å². The minimum atomic E-state index is -0.347. The number of benzene rings is 1. The van der Waals surface area contributed by atoms with Crippen molar-refractivity contribution in [1.29, 1.82) is 0 Å². The summed E-state index contributed by atoms with van der Waals surface area (Å²) in [5, 5.41) is 6.28. The smallest absolute Gasteiger partial charge is 0.273 e. The molecule has 9 nitrogen and oxygen atoms in total. The number of fused-ring (bicyclic) bond motifs is 1. The van der Waals surface area contributed by atoms with Crippen LogP contribution in [0, 0.1) is 11.7 Å². The molecule has 0 atom stereocenters. The van der Waals surface area contributed by atoms with Crippen molar-refractivity contribution < 1.29 is 14.0 Å². The summed E-state index contributed by atoms with van der Waals surface area (Å²) in [4.78, 5) is 48.1. The Labute approximate surface area is 193 Å². The lowest BCUT2D eigenvalue weighted by Crippen LogP contribution is -2.40. The van der Waals surface area contributed by atoms with Gasteiger partial charge in [-0.2, -0.15) is 4.98 Å². The molecule has 0 aliphatic carbocycles. The number of rotatable bonds is 7. The zero-order valence-corrected chi connectivity index (χ0v) is 19.0. The summed E-state index contributed by atoms with van der Waals surface area (Å²) >= 11 is 1.25. The van der Waals surface area contributed by atoms with Gasteiger partial charge >= 0.3 is 0 Å². The molecule has 0 unspecified atom stereocenters. The average molecular weight is 473 g/mol. The number of hydrogen-bond acceptors (Lipinski definition) is 7. The molecule has 1 aromatic carbocycles. The van der Waals surface area contributed by atoms with E-state index in [1.807, 2.05) is 6.92 Å². The average Bonchev–Trinajstić information content (AvgIpc) is 3.26. The summed E-state index contributed by atoms with van der Waals surface area (Å²) in [5.74, 6) is -0.603. The first-order chi connectivity index (χ1) is 15.9. The zero-order chi connectivity index (χ0) is 23.4. The predicted octanol–water partition coefficient (Wildman–Crippen LogP) is 1.66. The first-order valence-corrected chi connectivity index (χ1v) is 11.7.